The molecule has 1 fully saturated rings. The van der Waals surface area contributed by atoms with Crippen LogP contribution in [-0.2, 0) is 4.79 Å². The Bertz CT molecular complexity index is 867. The van der Waals surface area contributed by atoms with Gasteiger partial charge in [0.1, 0.15) is 0 Å². The molecule has 0 atom stereocenters. The Morgan fingerprint density at radius 2 is 1.93 bits per heavy atom. The third kappa shape index (κ3) is 4.67. The fourth-order valence-electron chi connectivity index (χ4n) is 3.92. The number of carbonyl (C=O) groups excluding carboxylic acids is 1. The molecule has 1 aliphatic rings. The highest BCUT2D eigenvalue weighted by atomic mass is 16.4. The molecule has 1 amide bonds. The quantitative estimate of drug-likeness (QED) is 0.714. The number of carboxylic acids is 1. The molecule has 7 heteroatoms. The fraction of sp³-hybridized carbons (Fsp3) is 0.500. The first-order valence-electron chi connectivity index (χ1n) is 10.2. The van der Waals surface area contributed by atoms with Crippen LogP contribution in [0.15, 0.2) is 30.5 Å². The number of benzene rings is 1. The average molecular weight is 399 g/mol. The molecule has 0 radical (unpaired) electrons. The van der Waals surface area contributed by atoms with E-state index < -0.39 is 5.97 Å². The zero-order chi connectivity index (χ0) is 21.1. The summed E-state index contributed by atoms with van der Waals surface area (Å²) in [5, 5.41) is 16.6. The van der Waals surface area contributed by atoms with Crippen LogP contribution in [0.25, 0.3) is 5.69 Å². The van der Waals surface area contributed by atoms with Crippen molar-refractivity contribution in [3.05, 3.63) is 47.3 Å². The van der Waals surface area contributed by atoms with E-state index in [1.165, 1.54) is 5.56 Å². The van der Waals surface area contributed by atoms with Gasteiger partial charge in [0, 0.05) is 12.1 Å². The Balaban J connectivity index is 1.69. The molecule has 1 heterocycles. The maximum atomic E-state index is 12.9. The lowest BCUT2D eigenvalue weighted by Gasteiger charge is -2.42. The maximum Gasteiger partial charge on any atom is 0.317 e. The molecule has 2 aromatic rings. The number of amides is 1. The number of hydrogen-bond acceptors (Lipinski definition) is 4. The second-order valence-corrected chi connectivity index (χ2v) is 8.10. The number of aliphatic carboxylic acids is 1. The van der Waals surface area contributed by atoms with Gasteiger partial charge in [0.15, 0.2) is 0 Å². The number of aromatic nitrogens is 2. The van der Waals surface area contributed by atoms with Crippen molar-refractivity contribution in [1.29, 1.82) is 0 Å². The minimum absolute atomic E-state index is 0.0443. The van der Waals surface area contributed by atoms with Gasteiger partial charge in [-0.3, -0.25) is 14.5 Å². The summed E-state index contributed by atoms with van der Waals surface area (Å²) in [5.74, 6) is -0.791. The topological polar surface area (TPSA) is 87.5 Å². The number of aryl methyl sites for hydroxylation is 1. The van der Waals surface area contributed by atoms with Gasteiger partial charge in [-0.05, 0) is 44.4 Å². The van der Waals surface area contributed by atoms with E-state index in [1.807, 2.05) is 47.7 Å². The van der Waals surface area contributed by atoms with E-state index in [0.717, 1.165) is 24.2 Å². The molecule has 1 aliphatic carbocycles. The summed E-state index contributed by atoms with van der Waals surface area (Å²) >= 11 is 0. The summed E-state index contributed by atoms with van der Waals surface area (Å²) in [6.07, 6.45) is 3.19. The van der Waals surface area contributed by atoms with Crippen LogP contribution in [-0.4, -0.2) is 56.8 Å². The highest BCUT2D eigenvalue weighted by molar-refractivity contribution is 5.95. The highest BCUT2D eigenvalue weighted by Crippen LogP contribution is 2.27. The van der Waals surface area contributed by atoms with Crippen molar-refractivity contribution in [1.82, 2.24) is 20.0 Å². The summed E-state index contributed by atoms with van der Waals surface area (Å²) < 4.78 is 1.84. The Morgan fingerprint density at radius 3 is 2.48 bits per heavy atom. The second kappa shape index (κ2) is 8.78. The van der Waals surface area contributed by atoms with Crippen molar-refractivity contribution in [3.8, 4) is 5.69 Å². The molecule has 0 spiro atoms. The van der Waals surface area contributed by atoms with Gasteiger partial charge in [-0.25, -0.2) is 4.68 Å². The predicted octanol–water partition coefficient (Wildman–Crippen LogP) is 2.97. The summed E-state index contributed by atoms with van der Waals surface area (Å²) in [7, 11) is 0. The first-order chi connectivity index (χ1) is 13.8. The van der Waals surface area contributed by atoms with Crippen LogP contribution >= 0.6 is 0 Å². The van der Waals surface area contributed by atoms with Gasteiger partial charge in [0.05, 0.1) is 29.7 Å². The number of hydrogen-bond donors (Lipinski definition) is 2. The number of nitrogens with zero attached hydrogens (tertiary/aromatic N) is 3. The van der Waals surface area contributed by atoms with Crippen LogP contribution in [0.5, 0.6) is 0 Å². The van der Waals surface area contributed by atoms with Crippen molar-refractivity contribution in [2.75, 3.05) is 13.1 Å². The smallest absolute Gasteiger partial charge is 0.317 e. The molecule has 1 saturated carbocycles. The Morgan fingerprint density at radius 1 is 1.28 bits per heavy atom. The Hall–Kier alpha value is -2.67. The van der Waals surface area contributed by atoms with Crippen LogP contribution in [0, 0.1) is 6.92 Å². The van der Waals surface area contributed by atoms with E-state index in [0.29, 0.717) is 12.1 Å². The SMILES string of the molecule is CCN(CC(=O)O)C1CC(NC(=O)c2cnn(-c3ccc(C)cc3)c2C(C)C)C1. The Labute approximate surface area is 171 Å². The molecule has 29 heavy (non-hydrogen) atoms. The number of nitrogens with one attached hydrogen (secondary N) is 1. The number of rotatable bonds is 8. The minimum Gasteiger partial charge on any atom is -0.480 e. The number of carboxylic acid groups (broad SMARTS) is 1. The van der Waals surface area contributed by atoms with Gasteiger partial charge < -0.3 is 10.4 Å². The molecule has 3 rings (SSSR count). The third-order valence-electron chi connectivity index (χ3n) is 5.59. The Kier molecular flexibility index (Phi) is 6.37. The molecular formula is C22H30N4O3. The molecule has 2 N–H and O–H groups in total. The summed E-state index contributed by atoms with van der Waals surface area (Å²) in [5.41, 5.74) is 3.60. The summed E-state index contributed by atoms with van der Waals surface area (Å²) in [6.45, 7) is 8.85. The predicted molar refractivity (Wildman–Crippen MR) is 112 cm³/mol. The van der Waals surface area contributed by atoms with E-state index in [1.54, 1.807) is 6.20 Å². The van der Waals surface area contributed by atoms with Crippen LogP contribution < -0.4 is 5.32 Å². The molecule has 7 nitrogen and oxygen atoms in total. The molecule has 0 unspecified atom stereocenters. The molecule has 0 aliphatic heterocycles. The molecule has 0 bridgehead atoms. The van der Waals surface area contributed by atoms with Crippen molar-refractivity contribution >= 4 is 11.9 Å². The van der Waals surface area contributed by atoms with Crippen LogP contribution in [0.3, 0.4) is 0 Å². The van der Waals surface area contributed by atoms with Crippen molar-refractivity contribution in [2.45, 2.75) is 58.5 Å². The summed E-state index contributed by atoms with van der Waals surface area (Å²) in [4.78, 5) is 25.8. The normalized spacial score (nSPS) is 18.7. The van der Waals surface area contributed by atoms with Gasteiger partial charge >= 0.3 is 5.97 Å². The van der Waals surface area contributed by atoms with Crippen LogP contribution in [0.4, 0.5) is 0 Å². The highest BCUT2D eigenvalue weighted by Gasteiger charge is 2.35. The summed E-state index contributed by atoms with van der Waals surface area (Å²) in [6, 6.07) is 8.36. The van der Waals surface area contributed by atoms with E-state index in [2.05, 4.69) is 24.3 Å². The van der Waals surface area contributed by atoms with Crippen molar-refractivity contribution < 1.29 is 14.7 Å². The largest absolute Gasteiger partial charge is 0.480 e. The molecular weight excluding hydrogens is 368 g/mol. The third-order valence-corrected chi connectivity index (χ3v) is 5.59. The minimum atomic E-state index is -0.815. The monoisotopic (exact) mass is 398 g/mol. The van der Waals surface area contributed by atoms with Gasteiger partial charge in [-0.2, -0.15) is 5.10 Å². The molecule has 0 saturated heterocycles. The standard InChI is InChI=1S/C22H30N4O3/c1-5-25(13-20(27)28)18-10-16(11-18)24-22(29)19-12-23-26(21(19)14(2)3)17-8-6-15(4)7-9-17/h6-9,12,14,16,18H,5,10-11,13H2,1-4H3,(H,24,29)(H,27,28). The van der Waals surface area contributed by atoms with Gasteiger partial charge in [0.2, 0.25) is 0 Å². The lowest BCUT2D eigenvalue weighted by atomic mass is 9.85. The van der Waals surface area contributed by atoms with E-state index in [4.69, 9.17) is 5.11 Å². The second-order valence-electron chi connectivity index (χ2n) is 8.10. The number of likely N-dealkylation sites (N-methyl/N-ethyl adjacent to an activating group) is 1. The van der Waals surface area contributed by atoms with Crippen molar-refractivity contribution in [2.24, 2.45) is 0 Å². The van der Waals surface area contributed by atoms with Gasteiger partial charge in [0.25, 0.3) is 5.91 Å². The molecule has 1 aromatic heterocycles. The van der Waals surface area contributed by atoms with Crippen LogP contribution in [0.1, 0.15) is 61.1 Å². The van der Waals surface area contributed by atoms with E-state index >= 15 is 0 Å². The maximum absolute atomic E-state index is 12.9. The van der Waals surface area contributed by atoms with Gasteiger partial charge in [-0.15, -0.1) is 0 Å². The van der Waals surface area contributed by atoms with Gasteiger partial charge in [-0.1, -0.05) is 38.5 Å². The molecule has 1 aromatic carbocycles. The fourth-order valence-corrected chi connectivity index (χ4v) is 3.92. The first-order valence-corrected chi connectivity index (χ1v) is 10.2. The zero-order valence-corrected chi connectivity index (χ0v) is 17.6. The van der Waals surface area contributed by atoms with E-state index in [-0.39, 0.29) is 30.5 Å². The lowest BCUT2D eigenvalue weighted by molar-refractivity contribution is -0.139. The van der Waals surface area contributed by atoms with Crippen molar-refractivity contribution in [3.63, 3.8) is 0 Å². The average Bonchev–Trinajstić information content (AvgIpc) is 3.08. The molecule has 156 valence electrons. The lowest BCUT2D eigenvalue weighted by Crippen LogP contribution is -2.54. The number of carbonyl (C=O) groups is 2. The van der Waals surface area contributed by atoms with Crippen LogP contribution in [0.2, 0.25) is 0 Å². The zero-order valence-electron chi connectivity index (χ0n) is 17.6. The first kappa shape index (κ1) is 21.0. The van der Waals surface area contributed by atoms with E-state index in [9.17, 15) is 9.59 Å².